The van der Waals surface area contributed by atoms with Crippen LogP contribution in [0, 0.1) is 13.8 Å². The van der Waals surface area contributed by atoms with E-state index < -0.39 is 0 Å². The van der Waals surface area contributed by atoms with Gasteiger partial charge in [0.1, 0.15) is 12.4 Å². The summed E-state index contributed by atoms with van der Waals surface area (Å²) in [6.07, 6.45) is 2.65. The van der Waals surface area contributed by atoms with Crippen molar-refractivity contribution < 1.29 is 9.53 Å². The van der Waals surface area contributed by atoms with Crippen LogP contribution in [-0.2, 0) is 6.61 Å². The van der Waals surface area contributed by atoms with Crippen LogP contribution in [0.5, 0.6) is 5.75 Å². The Hall–Kier alpha value is -2.88. The molecule has 4 heteroatoms. The number of carbonyl (C=O) groups excluding carboxylic acids is 1. The van der Waals surface area contributed by atoms with E-state index in [1.165, 1.54) is 0 Å². The maximum atomic E-state index is 11.1. The third-order valence-corrected chi connectivity index (χ3v) is 3.81. The smallest absolute Gasteiger partial charge is 0.151 e. The number of rotatable bonds is 5. The second kappa shape index (κ2) is 6.48. The molecule has 116 valence electrons. The highest BCUT2D eigenvalue weighted by molar-refractivity contribution is 5.77. The van der Waals surface area contributed by atoms with Crippen LogP contribution in [0.25, 0.3) is 5.69 Å². The molecule has 0 N–H and O–H groups in total. The van der Waals surface area contributed by atoms with Crippen LogP contribution in [0.1, 0.15) is 27.4 Å². The first-order chi connectivity index (χ1) is 11.2. The van der Waals surface area contributed by atoms with Gasteiger partial charge in [0.2, 0.25) is 0 Å². The number of aryl methyl sites for hydroxylation is 1. The molecule has 0 saturated heterocycles. The monoisotopic (exact) mass is 306 g/mol. The number of aromatic nitrogens is 2. The number of ether oxygens (including phenoxy) is 1. The van der Waals surface area contributed by atoms with Crippen LogP contribution in [0.4, 0.5) is 0 Å². The van der Waals surface area contributed by atoms with E-state index in [0.29, 0.717) is 6.61 Å². The van der Waals surface area contributed by atoms with Crippen LogP contribution >= 0.6 is 0 Å². The summed E-state index contributed by atoms with van der Waals surface area (Å²) in [6.45, 7) is 4.38. The van der Waals surface area contributed by atoms with E-state index in [4.69, 9.17) is 4.74 Å². The van der Waals surface area contributed by atoms with Crippen molar-refractivity contribution in [2.24, 2.45) is 0 Å². The van der Waals surface area contributed by atoms with Gasteiger partial charge in [-0.2, -0.15) is 0 Å². The zero-order valence-electron chi connectivity index (χ0n) is 13.2. The van der Waals surface area contributed by atoms with Crippen molar-refractivity contribution in [2.75, 3.05) is 0 Å². The van der Waals surface area contributed by atoms with Crippen molar-refractivity contribution in [3.63, 3.8) is 0 Å². The van der Waals surface area contributed by atoms with E-state index in [0.717, 1.165) is 40.4 Å². The fourth-order valence-electron chi connectivity index (χ4n) is 2.64. The molecule has 3 rings (SSSR count). The molecule has 0 fully saturated rings. The van der Waals surface area contributed by atoms with Crippen LogP contribution in [0.2, 0.25) is 0 Å². The van der Waals surface area contributed by atoms with Gasteiger partial charge in [0, 0.05) is 28.8 Å². The van der Waals surface area contributed by atoms with Gasteiger partial charge in [-0.1, -0.05) is 6.07 Å². The van der Waals surface area contributed by atoms with Crippen molar-refractivity contribution in [1.82, 2.24) is 9.55 Å². The molecular weight excluding hydrogens is 288 g/mol. The largest absolute Gasteiger partial charge is 0.487 e. The van der Waals surface area contributed by atoms with E-state index in [2.05, 4.69) is 9.55 Å². The minimum Gasteiger partial charge on any atom is -0.487 e. The predicted molar refractivity (Wildman–Crippen MR) is 89.2 cm³/mol. The van der Waals surface area contributed by atoms with Crippen LogP contribution in [0.3, 0.4) is 0 Å². The van der Waals surface area contributed by atoms with E-state index in [9.17, 15) is 4.79 Å². The van der Waals surface area contributed by atoms with E-state index >= 15 is 0 Å². The number of pyridine rings is 1. The summed E-state index contributed by atoms with van der Waals surface area (Å²) < 4.78 is 7.80. The molecular formula is C19H18N2O2. The molecule has 0 aliphatic rings. The van der Waals surface area contributed by atoms with Gasteiger partial charge in [-0.25, -0.2) is 0 Å². The number of carbonyl (C=O) groups is 1. The standard InChI is InChI=1S/C19H18N2O2/c1-14-11-16(12-22)15(2)21(14)18-6-8-19(9-7-18)23-13-17-5-3-4-10-20-17/h3-12H,13H2,1-2H3. The van der Waals surface area contributed by atoms with Gasteiger partial charge < -0.3 is 9.30 Å². The van der Waals surface area contributed by atoms with Crippen molar-refractivity contribution >= 4 is 6.29 Å². The predicted octanol–water partition coefficient (Wildman–Crippen LogP) is 3.88. The Balaban J connectivity index is 1.77. The number of hydrogen-bond donors (Lipinski definition) is 0. The van der Waals surface area contributed by atoms with Crippen LogP contribution < -0.4 is 4.74 Å². The lowest BCUT2D eigenvalue weighted by atomic mass is 10.2. The van der Waals surface area contributed by atoms with Gasteiger partial charge in [-0.05, 0) is 56.3 Å². The average Bonchev–Trinajstić information content (AvgIpc) is 2.88. The maximum Gasteiger partial charge on any atom is 0.151 e. The van der Waals surface area contributed by atoms with Crippen molar-refractivity contribution in [3.8, 4) is 11.4 Å². The summed E-state index contributed by atoms with van der Waals surface area (Å²) in [5, 5.41) is 0. The fourth-order valence-corrected chi connectivity index (χ4v) is 2.64. The van der Waals surface area contributed by atoms with Gasteiger partial charge in [-0.3, -0.25) is 9.78 Å². The molecule has 3 aromatic rings. The molecule has 0 amide bonds. The third kappa shape index (κ3) is 3.16. The lowest BCUT2D eigenvalue weighted by Crippen LogP contribution is -2.00. The molecule has 0 radical (unpaired) electrons. The van der Waals surface area contributed by atoms with Crippen molar-refractivity contribution in [3.05, 3.63) is 77.4 Å². The molecule has 0 saturated carbocycles. The lowest BCUT2D eigenvalue weighted by Gasteiger charge is -2.11. The number of hydrogen-bond acceptors (Lipinski definition) is 3. The highest BCUT2D eigenvalue weighted by Crippen LogP contribution is 2.22. The van der Waals surface area contributed by atoms with Gasteiger partial charge in [-0.15, -0.1) is 0 Å². The van der Waals surface area contributed by atoms with Crippen molar-refractivity contribution in [2.45, 2.75) is 20.5 Å². The topological polar surface area (TPSA) is 44.1 Å². The normalized spacial score (nSPS) is 10.5. The second-order valence-corrected chi connectivity index (χ2v) is 5.38. The molecule has 2 heterocycles. The Morgan fingerprint density at radius 3 is 2.52 bits per heavy atom. The lowest BCUT2D eigenvalue weighted by molar-refractivity contribution is 0.112. The average molecular weight is 306 g/mol. The zero-order valence-corrected chi connectivity index (χ0v) is 13.2. The van der Waals surface area contributed by atoms with Gasteiger partial charge in [0.05, 0.1) is 5.69 Å². The Morgan fingerprint density at radius 1 is 1.13 bits per heavy atom. The third-order valence-electron chi connectivity index (χ3n) is 3.81. The first-order valence-corrected chi connectivity index (χ1v) is 7.46. The SMILES string of the molecule is Cc1cc(C=O)c(C)n1-c1ccc(OCc2ccccn2)cc1. The Labute approximate surface area is 135 Å². The molecule has 2 aromatic heterocycles. The highest BCUT2D eigenvalue weighted by atomic mass is 16.5. The molecule has 0 atom stereocenters. The van der Waals surface area contributed by atoms with Gasteiger partial charge >= 0.3 is 0 Å². The maximum absolute atomic E-state index is 11.1. The van der Waals surface area contributed by atoms with E-state index in [1.54, 1.807) is 6.20 Å². The number of aldehydes is 1. The van der Waals surface area contributed by atoms with Gasteiger partial charge in [0.25, 0.3) is 0 Å². The Bertz CT molecular complexity index is 805. The molecule has 23 heavy (non-hydrogen) atoms. The second-order valence-electron chi connectivity index (χ2n) is 5.38. The summed E-state index contributed by atoms with van der Waals surface area (Å²) >= 11 is 0. The molecule has 0 unspecified atom stereocenters. The summed E-state index contributed by atoms with van der Waals surface area (Å²) in [6, 6.07) is 15.5. The summed E-state index contributed by atoms with van der Waals surface area (Å²) in [7, 11) is 0. The molecule has 0 spiro atoms. The Kier molecular flexibility index (Phi) is 4.24. The molecule has 0 bridgehead atoms. The first kappa shape index (κ1) is 15.0. The van der Waals surface area contributed by atoms with E-state index in [-0.39, 0.29) is 0 Å². The zero-order chi connectivity index (χ0) is 16.2. The number of benzene rings is 1. The van der Waals surface area contributed by atoms with Crippen LogP contribution in [0.15, 0.2) is 54.7 Å². The van der Waals surface area contributed by atoms with Crippen LogP contribution in [-0.4, -0.2) is 15.8 Å². The fraction of sp³-hybridized carbons (Fsp3) is 0.158. The quantitative estimate of drug-likeness (QED) is 0.672. The molecule has 1 aromatic carbocycles. The number of nitrogens with zero attached hydrogens (tertiary/aromatic N) is 2. The minimum atomic E-state index is 0.442. The molecule has 0 aliphatic heterocycles. The first-order valence-electron chi connectivity index (χ1n) is 7.46. The summed E-state index contributed by atoms with van der Waals surface area (Å²) in [5.74, 6) is 0.789. The molecule has 0 aliphatic carbocycles. The van der Waals surface area contributed by atoms with E-state index in [1.807, 2.05) is 62.4 Å². The minimum absolute atomic E-state index is 0.442. The molecule has 4 nitrogen and oxygen atoms in total. The highest BCUT2D eigenvalue weighted by Gasteiger charge is 2.10. The summed E-state index contributed by atoms with van der Waals surface area (Å²) in [5.41, 5.74) is 4.60. The van der Waals surface area contributed by atoms with Crippen molar-refractivity contribution in [1.29, 1.82) is 0 Å². The summed E-state index contributed by atoms with van der Waals surface area (Å²) in [4.78, 5) is 15.3. The Morgan fingerprint density at radius 2 is 1.91 bits per heavy atom. The van der Waals surface area contributed by atoms with Gasteiger partial charge in [0.15, 0.2) is 6.29 Å².